The van der Waals surface area contributed by atoms with Crippen molar-refractivity contribution in [2.75, 3.05) is 17.2 Å². The van der Waals surface area contributed by atoms with E-state index in [2.05, 4.69) is 15.4 Å². The number of nitrogens with zero attached hydrogens (tertiary/aromatic N) is 3. The third kappa shape index (κ3) is 7.34. The fourth-order valence-corrected chi connectivity index (χ4v) is 4.23. The van der Waals surface area contributed by atoms with E-state index >= 15 is 0 Å². The predicted molar refractivity (Wildman–Crippen MR) is 135 cm³/mol. The van der Waals surface area contributed by atoms with E-state index in [1.807, 2.05) is 5.32 Å². The molecule has 0 bridgehead atoms. The van der Waals surface area contributed by atoms with E-state index in [4.69, 9.17) is 26.2 Å². The van der Waals surface area contributed by atoms with Gasteiger partial charge in [-0.15, -0.1) is 0 Å². The molecule has 3 N–H and O–H groups in total. The molecule has 0 saturated carbocycles. The number of alkyl halides is 3. The third-order valence-electron chi connectivity index (χ3n) is 5.82. The van der Waals surface area contributed by atoms with Crippen LogP contribution >= 0.6 is 11.6 Å². The number of nitrogens with one attached hydrogen (secondary N) is 2. The first-order valence-electron chi connectivity index (χ1n) is 12.0. The normalized spacial score (nSPS) is 15.4. The molecule has 1 saturated heterocycles. The number of anilines is 2. The topological polar surface area (TPSA) is 145 Å². The third-order valence-corrected chi connectivity index (χ3v) is 6.13. The van der Waals surface area contributed by atoms with Gasteiger partial charge in [0.15, 0.2) is 17.9 Å². The molecule has 4 rings (SSSR count). The maximum Gasteiger partial charge on any atom is 0.417 e. The Labute approximate surface area is 230 Å². The van der Waals surface area contributed by atoms with Crippen LogP contribution in [0.15, 0.2) is 42.7 Å². The molecule has 0 radical (unpaired) electrons. The molecule has 0 aliphatic carbocycles. The second kappa shape index (κ2) is 12.4. The zero-order valence-electron chi connectivity index (χ0n) is 20.7. The number of halogens is 4. The van der Waals surface area contributed by atoms with Crippen molar-refractivity contribution < 1.29 is 42.1 Å². The second-order valence-corrected chi connectivity index (χ2v) is 9.11. The molecule has 2 heterocycles. The highest BCUT2D eigenvalue weighted by Gasteiger charge is 2.34. The first-order valence-corrected chi connectivity index (χ1v) is 12.4. The molecule has 40 heavy (non-hydrogen) atoms. The Hall–Kier alpha value is -4.01. The standard InChI is InChI=1S/C25H23ClF3N5O6/c26-17-10-19(33-24(37)38)18(9-16(17)25(27,28)29)32-22(36)11-20(35)14-4-3-5-15(8-14)34-21(30-13-31-34)12-40-23-6-1-2-7-39-23/h3-5,8-10,13,23,33H,1-2,6-7,11-12H2,(H,32,36)(H,37,38). The zero-order chi connectivity index (χ0) is 28.9. The predicted octanol–water partition coefficient (Wildman–Crippen LogP) is 5.28. The number of hydrogen-bond donors (Lipinski definition) is 3. The van der Waals surface area contributed by atoms with Crippen molar-refractivity contribution in [1.82, 2.24) is 14.8 Å². The molecule has 11 nitrogen and oxygen atoms in total. The van der Waals surface area contributed by atoms with Gasteiger partial charge in [-0.2, -0.15) is 18.3 Å². The van der Waals surface area contributed by atoms with Crippen LogP contribution in [-0.2, 0) is 27.1 Å². The lowest BCUT2D eigenvalue weighted by Gasteiger charge is -2.22. The van der Waals surface area contributed by atoms with Crippen molar-refractivity contribution >= 4 is 40.8 Å². The summed E-state index contributed by atoms with van der Waals surface area (Å²) in [5.41, 5.74) is -1.61. The first kappa shape index (κ1) is 29.0. The Morgan fingerprint density at radius 1 is 1.15 bits per heavy atom. The van der Waals surface area contributed by atoms with Gasteiger partial charge in [0.1, 0.15) is 12.9 Å². The minimum Gasteiger partial charge on any atom is -0.465 e. The van der Waals surface area contributed by atoms with E-state index in [1.165, 1.54) is 23.1 Å². The van der Waals surface area contributed by atoms with Crippen LogP contribution < -0.4 is 10.6 Å². The monoisotopic (exact) mass is 581 g/mol. The van der Waals surface area contributed by atoms with Crippen molar-refractivity contribution in [3.8, 4) is 5.69 Å². The molecular weight excluding hydrogens is 559 g/mol. The lowest BCUT2D eigenvalue weighted by Crippen LogP contribution is -2.22. The van der Waals surface area contributed by atoms with E-state index in [9.17, 15) is 27.6 Å². The number of ether oxygens (including phenoxy) is 2. The summed E-state index contributed by atoms with van der Waals surface area (Å²) in [6.07, 6.45) is -3.49. The molecule has 1 aliphatic heterocycles. The number of ketones is 1. The minimum atomic E-state index is -4.87. The van der Waals surface area contributed by atoms with Crippen LogP contribution in [0.4, 0.5) is 29.3 Å². The SMILES string of the molecule is O=C(O)Nc1cc(Cl)c(C(F)(F)F)cc1NC(=O)CC(=O)c1cccc(-n2ncnc2COC2CCCCO2)c1. The molecular formula is C25H23ClF3N5O6. The maximum atomic E-state index is 13.3. The number of Topliss-reactive ketones (excluding diaryl/α,β-unsaturated/α-hetero) is 1. The Morgan fingerprint density at radius 3 is 2.62 bits per heavy atom. The molecule has 1 unspecified atom stereocenters. The number of carboxylic acid groups (broad SMARTS) is 1. The second-order valence-electron chi connectivity index (χ2n) is 8.70. The van der Waals surface area contributed by atoms with Crippen LogP contribution in [0.3, 0.4) is 0 Å². The summed E-state index contributed by atoms with van der Waals surface area (Å²) in [5, 5.41) is 16.4. The fraction of sp³-hybridized carbons (Fsp3) is 0.320. The highest BCUT2D eigenvalue weighted by atomic mass is 35.5. The van der Waals surface area contributed by atoms with Crippen LogP contribution in [0, 0.1) is 0 Å². The van der Waals surface area contributed by atoms with Gasteiger partial charge >= 0.3 is 12.3 Å². The Balaban J connectivity index is 1.47. The highest BCUT2D eigenvalue weighted by molar-refractivity contribution is 6.32. The van der Waals surface area contributed by atoms with Gasteiger partial charge in [-0.1, -0.05) is 23.7 Å². The van der Waals surface area contributed by atoms with Crippen LogP contribution in [0.25, 0.3) is 5.69 Å². The number of carbonyl (C=O) groups excluding carboxylic acids is 2. The van der Waals surface area contributed by atoms with Crippen molar-refractivity contribution in [2.45, 2.75) is 44.8 Å². The molecule has 212 valence electrons. The molecule has 1 aliphatic rings. The zero-order valence-corrected chi connectivity index (χ0v) is 21.5. The molecule has 1 atom stereocenters. The summed E-state index contributed by atoms with van der Waals surface area (Å²) in [6.45, 7) is 0.729. The van der Waals surface area contributed by atoms with Crippen molar-refractivity contribution in [3.05, 3.63) is 64.7 Å². The lowest BCUT2D eigenvalue weighted by molar-refractivity contribution is -0.170. The minimum absolute atomic E-state index is 0.110. The van der Waals surface area contributed by atoms with Gasteiger partial charge in [0.25, 0.3) is 0 Å². The van der Waals surface area contributed by atoms with Gasteiger partial charge in [0.05, 0.1) is 34.1 Å². The molecule has 0 spiro atoms. The van der Waals surface area contributed by atoms with E-state index in [0.29, 0.717) is 24.2 Å². The molecule has 3 aromatic rings. The van der Waals surface area contributed by atoms with Gasteiger partial charge in [0.2, 0.25) is 5.91 Å². The number of rotatable bonds is 9. The number of aromatic nitrogens is 3. The Bertz CT molecular complexity index is 1410. The van der Waals surface area contributed by atoms with Crippen LogP contribution in [-0.4, -0.2) is 50.6 Å². The quantitative estimate of drug-likeness (QED) is 0.228. The van der Waals surface area contributed by atoms with Gasteiger partial charge in [-0.25, -0.2) is 14.5 Å². The Kier molecular flexibility index (Phi) is 9.02. The molecule has 2 aromatic carbocycles. The van der Waals surface area contributed by atoms with Crippen LogP contribution in [0.1, 0.15) is 47.4 Å². The van der Waals surface area contributed by atoms with E-state index in [1.54, 1.807) is 12.1 Å². The number of hydrogen-bond acceptors (Lipinski definition) is 7. The van der Waals surface area contributed by atoms with Crippen molar-refractivity contribution in [3.63, 3.8) is 0 Å². The average molecular weight is 582 g/mol. The van der Waals surface area contributed by atoms with Gasteiger partial charge in [0, 0.05) is 12.2 Å². The number of amides is 2. The largest absolute Gasteiger partial charge is 0.465 e. The molecule has 2 amide bonds. The average Bonchev–Trinajstić information content (AvgIpc) is 3.37. The van der Waals surface area contributed by atoms with E-state index in [-0.39, 0.29) is 18.5 Å². The van der Waals surface area contributed by atoms with Gasteiger partial charge < -0.3 is 19.9 Å². The van der Waals surface area contributed by atoms with Crippen molar-refractivity contribution in [1.29, 1.82) is 0 Å². The van der Waals surface area contributed by atoms with Crippen LogP contribution in [0.2, 0.25) is 5.02 Å². The van der Waals surface area contributed by atoms with Gasteiger partial charge in [-0.05, 0) is 43.5 Å². The number of benzene rings is 2. The smallest absolute Gasteiger partial charge is 0.417 e. The summed E-state index contributed by atoms with van der Waals surface area (Å²) in [5.74, 6) is -1.16. The molecule has 15 heteroatoms. The van der Waals surface area contributed by atoms with E-state index in [0.717, 1.165) is 25.3 Å². The summed E-state index contributed by atoms with van der Waals surface area (Å²) < 4.78 is 52.7. The van der Waals surface area contributed by atoms with Crippen molar-refractivity contribution in [2.24, 2.45) is 0 Å². The lowest BCUT2D eigenvalue weighted by atomic mass is 10.1. The summed E-state index contributed by atoms with van der Waals surface area (Å²) in [6, 6.07) is 7.39. The molecule has 1 fully saturated rings. The fourth-order valence-electron chi connectivity index (χ4n) is 3.96. The highest BCUT2D eigenvalue weighted by Crippen LogP contribution is 2.39. The first-order chi connectivity index (χ1) is 19.0. The van der Waals surface area contributed by atoms with Gasteiger partial charge in [-0.3, -0.25) is 14.9 Å². The summed E-state index contributed by atoms with van der Waals surface area (Å²) >= 11 is 5.65. The van der Waals surface area contributed by atoms with Crippen LogP contribution in [0.5, 0.6) is 0 Å². The van der Waals surface area contributed by atoms with E-state index < -0.39 is 52.3 Å². The number of carbonyl (C=O) groups is 3. The Morgan fingerprint density at radius 2 is 1.93 bits per heavy atom. The summed E-state index contributed by atoms with van der Waals surface area (Å²) in [4.78, 5) is 40.7. The summed E-state index contributed by atoms with van der Waals surface area (Å²) in [7, 11) is 0. The molecule has 1 aromatic heterocycles. The maximum absolute atomic E-state index is 13.3.